The van der Waals surface area contributed by atoms with E-state index in [2.05, 4.69) is 93.5 Å². The number of benzene rings is 7. The Kier molecular flexibility index (Phi) is 12.0. The van der Waals surface area contributed by atoms with Crippen LogP contribution in [-0.2, 0) is 26.5 Å². The van der Waals surface area contributed by atoms with Crippen LogP contribution in [0.3, 0.4) is 0 Å². The van der Waals surface area contributed by atoms with Crippen molar-refractivity contribution < 1.29 is 35.8 Å². The van der Waals surface area contributed by atoms with Crippen LogP contribution >= 0.6 is 0 Å². The van der Waals surface area contributed by atoms with E-state index in [-0.39, 0.29) is 37.5 Å². The number of imidazole rings is 1. The number of aryl methyl sites for hydroxylation is 1. The fraction of sp³-hybridized carbons (Fsp3) is 0.131. The number of para-hydroxylation sites is 2. The van der Waals surface area contributed by atoms with E-state index < -0.39 is 26.5 Å². The molecule has 0 unspecified atom stereocenters. The molecule has 0 bridgehead atoms. The average Bonchev–Trinajstić information content (AvgIpc) is 3.98. The minimum absolute atomic E-state index is 0. The number of furan rings is 1. The molecule has 4 aromatic heterocycles. The maximum absolute atomic E-state index is 14.0. The molecule has 0 aliphatic heterocycles. The van der Waals surface area contributed by atoms with Gasteiger partial charge in [-0.05, 0) is 64.5 Å². The van der Waals surface area contributed by atoms with Gasteiger partial charge in [0.25, 0.3) is 0 Å². The van der Waals surface area contributed by atoms with Crippen molar-refractivity contribution in [2.75, 3.05) is 0 Å². The Morgan fingerprint density at radius 1 is 0.725 bits per heavy atom. The summed E-state index contributed by atoms with van der Waals surface area (Å²) in [6.45, 7) is 1.26. The molecular formula is C61H51FGeIrN4O-2. The Labute approximate surface area is 426 Å². The van der Waals surface area contributed by atoms with Crippen molar-refractivity contribution >= 4 is 50.8 Å². The van der Waals surface area contributed by atoms with Crippen LogP contribution in [0.5, 0.6) is 0 Å². The zero-order chi connectivity index (χ0) is 51.2. The first-order valence-electron chi connectivity index (χ1n) is 25.2. The number of hydrogen-bond acceptors (Lipinski definition) is 4. The van der Waals surface area contributed by atoms with Crippen LogP contribution < -0.4 is 4.40 Å². The molecule has 11 aromatic rings. The summed E-state index contributed by atoms with van der Waals surface area (Å²) in [5.41, 5.74) is 13.2. The second-order valence-corrected chi connectivity index (χ2v) is 28.6. The Morgan fingerprint density at radius 3 is 2.04 bits per heavy atom. The van der Waals surface area contributed by atoms with E-state index in [0.29, 0.717) is 43.8 Å². The molecule has 343 valence electrons. The third-order valence-corrected chi connectivity index (χ3v) is 16.1. The fourth-order valence-electron chi connectivity index (χ4n) is 8.81. The number of hydrogen-bond donors (Lipinski definition) is 0. The molecule has 0 N–H and O–H groups in total. The first-order chi connectivity index (χ1) is 35.0. The Morgan fingerprint density at radius 2 is 1.38 bits per heavy atom. The maximum atomic E-state index is 14.0. The Balaban J connectivity index is 0.000000213. The predicted molar refractivity (Wildman–Crippen MR) is 281 cm³/mol. The average molecular weight is 1140 g/mol. The predicted octanol–water partition coefficient (Wildman–Crippen LogP) is 15.5. The van der Waals surface area contributed by atoms with Gasteiger partial charge in [0, 0.05) is 37.6 Å². The van der Waals surface area contributed by atoms with Gasteiger partial charge in [0.05, 0.1) is 28.0 Å². The molecule has 0 aliphatic rings. The topological polar surface area (TPSA) is 56.7 Å². The van der Waals surface area contributed by atoms with E-state index >= 15 is 0 Å². The van der Waals surface area contributed by atoms with Crippen molar-refractivity contribution in [3.05, 3.63) is 211 Å². The van der Waals surface area contributed by atoms with Crippen molar-refractivity contribution in [2.45, 2.75) is 44.3 Å². The molecular weight excluding hydrogens is 1090 g/mol. The molecule has 0 spiro atoms. The van der Waals surface area contributed by atoms with E-state index in [1.165, 1.54) is 12.1 Å². The van der Waals surface area contributed by atoms with Crippen LogP contribution in [0.4, 0.5) is 4.39 Å². The minimum atomic E-state index is -2.75. The molecule has 0 saturated heterocycles. The summed E-state index contributed by atoms with van der Waals surface area (Å²) in [5.74, 6) is 6.38. The van der Waals surface area contributed by atoms with Crippen LogP contribution in [0, 0.1) is 30.7 Å². The zero-order valence-electron chi connectivity index (χ0n) is 43.8. The smallest absolute Gasteiger partial charge is 0 e. The third kappa shape index (κ3) is 9.78. The number of nitrogens with zero attached hydrogens (tertiary/aromatic N) is 4. The molecule has 1 radical (unpaired) electrons. The molecule has 0 aliphatic carbocycles. The molecule has 69 heavy (non-hydrogen) atoms. The summed E-state index contributed by atoms with van der Waals surface area (Å²) in [6, 6.07) is 63.1. The summed E-state index contributed by atoms with van der Waals surface area (Å²) in [6.07, 6.45) is 0.237. The monoisotopic (exact) mass is 1150 g/mol. The van der Waals surface area contributed by atoms with Gasteiger partial charge in [-0.25, -0.2) is 4.39 Å². The van der Waals surface area contributed by atoms with Crippen molar-refractivity contribution in [3.8, 4) is 61.7 Å². The number of fused-ring (bicyclic) bond motifs is 4. The molecule has 7 aromatic carbocycles. The molecule has 11 rings (SSSR count). The summed E-state index contributed by atoms with van der Waals surface area (Å²) in [5, 5.41) is 0.831. The molecule has 0 atom stereocenters. The van der Waals surface area contributed by atoms with Gasteiger partial charge in [-0.1, -0.05) is 114 Å². The van der Waals surface area contributed by atoms with Crippen LogP contribution in [-0.4, -0.2) is 32.8 Å². The van der Waals surface area contributed by atoms with Crippen molar-refractivity contribution in [2.24, 2.45) is 5.92 Å². The number of pyridine rings is 2. The Bertz CT molecular complexity index is 3770. The molecule has 4 heterocycles. The first-order valence-corrected chi connectivity index (χ1v) is 30.1. The summed E-state index contributed by atoms with van der Waals surface area (Å²) in [7, 11) is 0. The second kappa shape index (κ2) is 20.1. The van der Waals surface area contributed by atoms with E-state index in [9.17, 15) is 4.39 Å². The van der Waals surface area contributed by atoms with Crippen molar-refractivity contribution in [3.63, 3.8) is 0 Å². The summed E-state index contributed by atoms with van der Waals surface area (Å²) in [4.78, 5) is 14.6. The van der Waals surface area contributed by atoms with Gasteiger partial charge >= 0.3 is 139 Å². The standard InChI is InChI=1S/C42H25FN3O.C19H26GeN.Ir/c43-32-19-15-30(16-20-32)34-23-24-35(41-39(34)40-38(47-41)25-31(26-44-40)28-11-5-2-6-12-28)42-45-36-13-7-8-14-37(36)46(42)33-21-17-29(18-22-33)27-9-3-1-4-10-27;1-14(2)12-17-13-18(16-10-8-7-9-11-16)21-15(3)19(17)20(4,5)6;/h1-23,25-26H;7-10,13-14H,12H2,1-6H3;/q2*-1;/i;3D3,12D2;. The molecule has 8 heteroatoms. The van der Waals surface area contributed by atoms with Crippen LogP contribution in [0.2, 0.25) is 17.3 Å². The normalized spacial score (nSPS) is 12.9. The van der Waals surface area contributed by atoms with Crippen LogP contribution in [0.25, 0.3) is 94.8 Å². The third-order valence-electron chi connectivity index (χ3n) is 11.9. The van der Waals surface area contributed by atoms with Crippen molar-refractivity contribution in [1.82, 2.24) is 19.5 Å². The van der Waals surface area contributed by atoms with Crippen LogP contribution in [0.15, 0.2) is 187 Å². The number of rotatable bonds is 9. The summed E-state index contributed by atoms with van der Waals surface area (Å²) >= 11 is -2.75. The van der Waals surface area contributed by atoms with E-state index in [0.717, 1.165) is 61.0 Å². The number of halogens is 1. The van der Waals surface area contributed by atoms with E-state index in [1.54, 1.807) is 24.3 Å². The van der Waals surface area contributed by atoms with Gasteiger partial charge in [0.2, 0.25) is 0 Å². The maximum Gasteiger partial charge on any atom is 0 e. The molecule has 0 amide bonds. The van der Waals surface area contributed by atoms with Crippen LogP contribution in [0.1, 0.15) is 32.0 Å². The molecule has 0 saturated carbocycles. The molecule has 5 nitrogen and oxygen atoms in total. The van der Waals surface area contributed by atoms with Gasteiger partial charge < -0.3 is 8.98 Å². The largest absolute Gasteiger partial charge is 0 e. The van der Waals surface area contributed by atoms with Gasteiger partial charge in [0.1, 0.15) is 11.4 Å². The van der Waals surface area contributed by atoms with E-state index in [1.807, 2.05) is 105 Å². The van der Waals surface area contributed by atoms with Gasteiger partial charge in [-0.3, -0.25) is 9.97 Å². The SMILES string of the molecule is Fc1ccc(-c2c[c-]c(-c3nc4ccccc4n3-c3ccc(-c4ccccc4)cc3)c3oc4cc(-c5ccccc5)cnc4c23)cc1.[2H]C([2H])([2H])c1nc(-c2[c-]cccc2)cc(C([2H])([2H])C(C)C)[c]1[Ge]([CH3])([CH3])[CH3].[Ir]. The van der Waals surface area contributed by atoms with Gasteiger partial charge in [-0.15, -0.1) is 12.1 Å². The van der Waals surface area contributed by atoms with Gasteiger partial charge in [0.15, 0.2) is 0 Å². The number of aromatic nitrogens is 4. The Hall–Kier alpha value is -6.77. The fourth-order valence-corrected chi connectivity index (χ4v) is 12.4. The van der Waals surface area contributed by atoms with Gasteiger partial charge in [-0.2, -0.15) is 0 Å². The quantitative estimate of drug-likeness (QED) is 0.107. The first kappa shape index (κ1) is 41.2. The zero-order valence-corrected chi connectivity index (χ0v) is 43.3. The second-order valence-electron chi connectivity index (χ2n) is 18.1. The minimum Gasteiger partial charge on any atom is 0 e. The van der Waals surface area contributed by atoms with Crippen molar-refractivity contribution in [1.29, 1.82) is 0 Å². The van der Waals surface area contributed by atoms with E-state index in [4.69, 9.17) is 21.2 Å². The molecule has 0 fully saturated rings. The summed E-state index contributed by atoms with van der Waals surface area (Å²) < 4.78 is 65.0.